The fraction of sp³-hybridized carbons (Fsp3) is 0.538. The van der Waals surface area contributed by atoms with Gasteiger partial charge >= 0.3 is 5.97 Å². The van der Waals surface area contributed by atoms with Crippen LogP contribution in [-0.4, -0.2) is 21.7 Å². The highest BCUT2D eigenvalue weighted by atomic mass is 16.5. The van der Waals surface area contributed by atoms with Crippen LogP contribution in [0.4, 0.5) is 0 Å². The van der Waals surface area contributed by atoms with Gasteiger partial charge in [0.2, 0.25) is 0 Å². The van der Waals surface area contributed by atoms with E-state index < -0.39 is 17.2 Å². The molecule has 1 N–H and O–H groups in total. The number of pyridine rings is 1. The van der Waals surface area contributed by atoms with Gasteiger partial charge in [0, 0.05) is 12.4 Å². The summed E-state index contributed by atoms with van der Waals surface area (Å²) in [6.45, 7) is 7.31. The molecule has 1 heterocycles. The van der Waals surface area contributed by atoms with E-state index in [1.54, 1.807) is 31.5 Å². The van der Waals surface area contributed by atoms with Crippen LogP contribution in [0, 0.1) is 0 Å². The summed E-state index contributed by atoms with van der Waals surface area (Å²) >= 11 is 0. The molecule has 0 aliphatic rings. The summed E-state index contributed by atoms with van der Waals surface area (Å²) in [4.78, 5) is 15.4. The third-order valence-corrected chi connectivity index (χ3v) is 2.97. The van der Waals surface area contributed by atoms with Gasteiger partial charge in [0.05, 0.1) is 5.60 Å². The molecule has 0 bridgehead atoms. The van der Waals surface area contributed by atoms with Crippen molar-refractivity contribution in [1.29, 1.82) is 0 Å². The predicted molar refractivity (Wildman–Crippen MR) is 64.7 cm³/mol. The van der Waals surface area contributed by atoms with E-state index in [1.165, 1.54) is 0 Å². The average Bonchev–Trinajstić information content (AvgIpc) is 2.29. The lowest BCUT2D eigenvalue weighted by Crippen LogP contribution is -2.42. The maximum atomic E-state index is 11.5. The van der Waals surface area contributed by atoms with E-state index in [1.807, 2.05) is 20.8 Å². The molecule has 1 aromatic rings. The van der Waals surface area contributed by atoms with E-state index in [-0.39, 0.29) is 0 Å². The fourth-order valence-electron chi connectivity index (χ4n) is 1.52. The molecule has 0 amide bonds. The standard InChI is InChI=1S/C13H19NO3/c1-5-12(2,3)17-13(4,11(15)16)10-6-8-14-9-7-10/h6-9H,5H2,1-4H3,(H,15,16). The summed E-state index contributed by atoms with van der Waals surface area (Å²) in [5.41, 5.74) is -1.24. The zero-order valence-corrected chi connectivity index (χ0v) is 10.7. The summed E-state index contributed by atoms with van der Waals surface area (Å²) in [5.74, 6) is -0.995. The van der Waals surface area contributed by atoms with Gasteiger partial charge < -0.3 is 9.84 Å². The van der Waals surface area contributed by atoms with Crippen molar-refractivity contribution in [2.45, 2.75) is 45.3 Å². The summed E-state index contributed by atoms with van der Waals surface area (Å²) in [5, 5.41) is 9.40. The fourth-order valence-corrected chi connectivity index (χ4v) is 1.52. The molecular formula is C13H19NO3. The molecule has 0 fully saturated rings. The topological polar surface area (TPSA) is 59.4 Å². The first-order chi connectivity index (χ1) is 7.82. The van der Waals surface area contributed by atoms with Gasteiger partial charge in [0.15, 0.2) is 5.60 Å². The Labute approximate surface area is 102 Å². The molecule has 94 valence electrons. The second-order valence-electron chi connectivity index (χ2n) is 4.79. The van der Waals surface area contributed by atoms with E-state index in [0.29, 0.717) is 5.56 Å². The van der Waals surface area contributed by atoms with Crippen LogP contribution in [-0.2, 0) is 15.1 Å². The number of carboxylic acid groups (broad SMARTS) is 1. The zero-order valence-electron chi connectivity index (χ0n) is 10.7. The van der Waals surface area contributed by atoms with Crippen molar-refractivity contribution < 1.29 is 14.6 Å². The average molecular weight is 237 g/mol. The molecule has 0 aliphatic heterocycles. The Morgan fingerprint density at radius 3 is 2.29 bits per heavy atom. The molecule has 1 atom stereocenters. The molecule has 0 spiro atoms. The van der Waals surface area contributed by atoms with Crippen molar-refractivity contribution in [3.8, 4) is 0 Å². The summed E-state index contributed by atoms with van der Waals surface area (Å²) in [6, 6.07) is 3.33. The first kappa shape index (κ1) is 13.6. The number of carbonyl (C=O) groups is 1. The zero-order chi connectivity index (χ0) is 13.1. The number of carboxylic acids is 1. The van der Waals surface area contributed by atoms with Crippen molar-refractivity contribution in [1.82, 2.24) is 4.98 Å². The van der Waals surface area contributed by atoms with Crippen LogP contribution in [0.2, 0.25) is 0 Å². The number of ether oxygens (including phenoxy) is 1. The highest BCUT2D eigenvalue weighted by Gasteiger charge is 2.40. The van der Waals surface area contributed by atoms with Gasteiger partial charge in [-0.3, -0.25) is 4.98 Å². The predicted octanol–water partition coefficient (Wildman–Crippen LogP) is 2.59. The minimum Gasteiger partial charge on any atom is -0.479 e. The number of aliphatic carboxylic acids is 1. The number of aromatic nitrogens is 1. The first-order valence-electron chi connectivity index (χ1n) is 5.66. The van der Waals surface area contributed by atoms with Crippen molar-refractivity contribution >= 4 is 5.97 Å². The quantitative estimate of drug-likeness (QED) is 0.855. The minimum absolute atomic E-state index is 0.490. The van der Waals surface area contributed by atoms with Crippen LogP contribution in [0.15, 0.2) is 24.5 Å². The largest absolute Gasteiger partial charge is 0.479 e. The van der Waals surface area contributed by atoms with Gasteiger partial charge in [0.1, 0.15) is 0 Å². The lowest BCUT2D eigenvalue weighted by Gasteiger charge is -2.35. The third-order valence-electron chi connectivity index (χ3n) is 2.97. The van der Waals surface area contributed by atoms with Crippen LogP contribution >= 0.6 is 0 Å². The van der Waals surface area contributed by atoms with Crippen LogP contribution in [0.5, 0.6) is 0 Å². The van der Waals surface area contributed by atoms with Crippen molar-refractivity contribution in [2.24, 2.45) is 0 Å². The van der Waals surface area contributed by atoms with E-state index >= 15 is 0 Å². The number of rotatable bonds is 5. The van der Waals surface area contributed by atoms with Crippen LogP contribution in [0.25, 0.3) is 0 Å². The van der Waals surface area contributed by atoms with Gasteiger partial charge in [-0.2, -0.15) is 0 Å². The summed E-state index contributed by atoms with van der Waals surface area (Å²) < 4.78 is 5.79. The first-order valence-corrected chi connectivity index (χ1v) is 5.66. The highest BCUT2D eigenvalue weighted by molar-refractivity contribution is 5.78. The van der Waals surface area contributed by atoms with E-state index in [9.17, 15) is 9.90 Å². The normalized spacial score (nSPS) is 15.3. The Kier molecular flexibility index (Phi) is 3.88. The van der Waals surface area contributed by atoms with Gasteiger partial charge in [-0.1, -0.05) is 6.92 Å². The van der Waals surface area contributed by atoms with Crippen molar-refractivity contribution in [3.05, 3.63) is 30.1 Å². The Balaban J connectivity index is 3.12. The molecule has 4 heteroatoms. The van der Waals surface area contributed by atoms with Gasteiger partial charge in [0.25, 0.3) is 0 Å². The maximum absolute atomic E-state index is 11.5. The van der Waals surface area contributed by atoms with Crippen molar-refractivity contribution in [2.75, 3.05) is 0 Å². The molecule has 1 aromatic heterocycles. The molecule has 1 rings (SSSR count). The summed E-state index contributed by atoms with van der Waals surface area (Å²) in [6.07, 6.45) is 3.87. The third kappa shape index (κ3) is 3.03. The van der Waals surface area contributed by atoms with Gasteiger partial charge in [-0.25, -0.2) is 4.79 Å². The Morgan fingerprint density at radius 2 is 1.88 bits per heavy atom. The van der Waals surface area contributed by atoms with E-state index in [4.69, 9.17) is 4.74 Å². The van der Waals surface area contributed by atoms with E-state index in [2.05, 4.69) is 4.98 Å². The second kappa shape index (κ2) is 4.84. The van der Waals surface area contributed by atoms with E-state index in [0.717, 1.165) is 6.42 Å². The molecule has 17 heavy (non-hydrogen) atoms. The molecule has 0 saturated heterocycles. The molecule has 0 aromatic carbocycles. The minimum atomic E-state index is -1.34. The Morgan fingerprint density at radius 1 is 1.35 bits per heavy atom. The molecule has 0 aliphatic carbocycles. The number of hydrogen-bond donors (Lipinski definition) is 1. The molecular weight excluding hydrogens is 218 g/mol. The van der Waals surface area contributed by atoms with Gasteiger partial charge in [-0.05, 0) is 44.9 Å². The summed E-state index contributed by atoms with van der Waals surface area (Å²) in [7, 11) is 0. The monoisotopic (exact) mass is 237 g/mol. The maximum Gasteiger partial charge on any atom is 0.340 e. The number of nitrogens with zero attached hydrogens (tertiary/aromatic N) is 1. The van der Waals surface area contributed by atoms with Crippen molar-refractivity contribution in [3.63, 3.8) is 0 Å². The Bertz CT molecular complexity index is 389. The van der Waals surface area contributed by atoms with Crippen LogP contribution < -0.4 is 0 Å². The molecule has 0 saturated carbocycles. The number of hydrogen-bond acceptors (Lipinski definition) is 3. The van der Waals surface area contributed by atoms with Crippen LogP contribution in [0.1, 0.15) is 39.7 Å². The SMILES string of the molecule is CCC(C)(C)OC(C)(C(=O)O)c1ccncc1. The smallest absolute Gasteiger partial charge is 0.340 e. The molecule has 4 nitrogen and oxygen atoms in total. The lowest BCUT2D eigenvalue weighted by atomic mass is 9.94. The molecule has 1 unspecified atom stereocenters. The Hall–Kier alpha value is -1.42. The second-order valence-corrected chi connectivity index (χ2v) is 4.79. The lowest BCUT2D eigenvalue weighted by molar-refractivity contribution is -0.186. The molecule has 0 radical (unpaired) electrons. The van der Waals surface area contributed by atoms with Crippen LogP contribution in [0.3, 0.4) is 0 Å². The van der Waals surface area contributed by atoms with Gasteiger partial charge in [-0.15, -0.1) is 0 Å². The highest BCUT2D eigenvalue weighted by Crippen LogP contribution is 2.32.